The Balaban J connectivity index is 1.64. The lowest BCUT2D eigenvalue weighted by Gasteiger charge is -2.35. The minimum atomic E-state index is -2.80. The van der Waals surface area contributed by atoms with Gasteiger partial charge in [-0.2, -0.15) is 0 Å². The highest BCUT2D eigenvalue weighted by atomic mass is 32.2. The third-order valence-corrected chi connectivity index (χ3v) is 7.31. The van der Waals surface area contributed by atoms with Crippen molar-refractivity contribution in [3.8, 4) is 0 Å². The summed E-state index contributed by atoms with van der Waals surface area (Å²) in [5.74, 6) is 2.63. The van der Waals surface area contributed by atoms with Gasteiger partial charge in [-0.1, -0.05) is 19.8 Å². The summed E-state index contributed by atoms with van der Waals surface area (Å²) in [4.78, 5) is 7.26. The van der Waals surface area contributed by atoms with Crippen LogP contribution in [0.2, 0.25) is 0 Å². The van der Waals surface area contributed by atoms with E-state index in [-0.39, 0.29) is 5.92 Å². The summed E-state index contributed by atoms with van der Waals surface area (Å²) < 4.78 is 23.3. The van der Waals surface area contributed by atoms with Crippen LogP contribution in [0, 0.1) is 11.8 Å². The number of hydrogen-bond acceptors (Lipinski definition) is 3. The molecule has 3 aliphatic rings. The topological polar surface area (TPSA) is 61.8 Å². The van der Waals surface area contributed by atoms with Crippen LogP contribution < -0.4 is 5.32 Å². The lowest BCUT2D eigenvalue weighted by Crippen LogP contribution is -2.49. The van der Waals surface area contributed by atoms with E-state index in [9.17, 15) is 8.42 Å². The monoisotopic (exact) mass is 341 g/mol. The lowest BCUT2D eigenvalue weighted by molar-refractivity contribution is 0.263. The van der Waals surface area contributed by atoms with E-state index < -0.39 is 9.84 Å². The highest BCUT2D eigenvalue weighted by Gasteiger charge is 2.28. The Kier molecular flexibility index (Phi) is 5.49. The number of rotatable bonds is 3. The van der Waals surface area contributed by atoms with Gasteiger partial charge in [0.15, 0.2) is 15.8 Å². The Morgan fingerprint density at radius 2 is 1.96 bits per heavy atom. The van der Waals surface area contributed by atoms with Gasteiger partial charge in [-0.15, -0.1) is 0 Å². The molecular formula is C17H31N3O2S. The van der Waals surface area contributed by atoms with Crippen molar-refractivity contribution in [1.29, 1.82) is 0 Å². The first-order valence-electron chi connectivity index (χ1n) is 9.28. The summed E-state index contributed by atoms with van der Waals surface area (Å²) in [6.45, 7) is 5.11. The maximum absolute atomic E-state index is 11.6. The van der Waals surface area contributed by atoms with Crippen LogP contribution in [0.15, 0.2) is 4.99 Å². The van der Waals surface area contributed by atoms with Gasteiger partial charge in [0.25, 0.3) is 0 Å². The van der Waals surface area contributed by atoms with Crippen LogP contribution in [0.5, 0.6) is 0 Å². The smallest absolute Gasteiger partial charge is 0.194 e. The van der Waals surface area contributed by atoms with Gasteiger partial charge in [0, 0.05) is 25.7 Å². The Morgan fingerprint density at radius 3 is 2.61 bits per heavy atom. The van der Waals surface area contributed by atoms with Crippen molar-refractivity contribution < 1.29 is 8.42 Å². The molecule has 1 saturated carbocycles. The number of piperidine rings is 1. The molecule has 0 aromatic carbocycles. The number of aliphatic imine (C=N–C) groups is 1. The quantitative estimate of drug-likeness (QED) is 0.630. The second kappa shape index (κ2) is 7.41. The van der Waals surface area contributed by atoms with Crippen LogP contribution in [0.4, 0.5) is 0 Å². The number of sulfone groups is 1. The molecule has 2 heterocycles. The summed E-state index contributed by atoms with van der Waals surface area (Å²) in [6, 6.07) is 0.554. The molecule has 2 saturated heterocycles. The minimum Gasteiger partial charge on any atom is -0.354 e. The van der Waals surface area contributed by atoms with E-state index in [1.165, 1.54) is 38.5 Å². The average molecular weight is 342 g/mol. The van der Waals surface area contributed by atoms with Gasteiger partial charge in [-0.05, 0) is 43.9 Å². The van der Waals surface area contributed by atoms with E-state index in [1.54, 1.807) is 0 Å². The molecular weight excluding hydrogens is 310 g/mol. The Bertz CT molecular complexity index is 526. The molecule has 2 unspecified atom stereocenters. The molecule has 3 fully saturated rings. The lowest BCUT2D eigenvalue weighted by atomic mass is 10.0. The van der Waals surface area contributed by atoms with Gasteiger partial charge >= 0.3 is 0 Å². The summed E-state index contributed by atoms with van der Waals surface area (Å²) in [5.41, 5.74) is 0. The van der Waals surface area contributed by atoms with Crippen molar-refractivity contribution >= 4 is 15.8 Å². The van der Waals surface area contributed by atoms with Gasteiger partial charge in [0.2, 0.25) is 0 Å². The fourth-order valence-corrected chi connectivity index (χ4v) is 5.95. The van der Waals surface area contributed by atoms with Crippen molar-refractivity contribution in [2.24, 2.45) is 16.8 Å². The van der Waals surface area contributed by atoms with E-state index >= 15 is 0 Å². The number of hydrogen-bond donors (Lipinski definition) is 1. The third kappa shape index (κ3) is 4.85. The van der Waals surface area contributed by atoms with Gasteiger partial charge in [0.1, 0.15) is 0 Å². The number of guanidine groups is 1. The molecule has 2 atom stereocenters. The zero-order valence-electron chi connectivity index (χ0n) is 14.3. The van der Waals surface area contributed by atoms with Crippen molar-refractivity contribution in [3.63, 3.8) is 0 Å². The third-order valence-electron chi connectivity index (χ3n) is 5.47. The molecule has 0 bridgehead atoms. The number of nitrogens with zero attached hydrogens (tertiary/aromatic N) is 2. The molecule has 0 spiro atoms. The molecule has 6 heteroatoms. The molecule has 5 nitrogen and oxygen atoms in total. The second-order valence-corrected chi connectivity index (χ2v) is 9.98. The minimum absolute atomic E-state index is 0.211. The summed E-state index contributed by atoms with van der Waals surface area (Å²) >= 11 is 0. The fourth-order valence-electron chi connectivity index (χ4n) is 4.10. The van der Waals surface area contributed by atoms with Gasteiger partial charge in [-0.25, -0.2) is 8.42 Å². The Hall–Kier alpha value is -0.780. The van der Waals surface area contributed by atoms with Crippen molar-refractivity contribution in [2.45, 2.75) is 57.9 Å². The summed E-state index contributed by atoms with van der Waals surface area (Å²) in [6.07, 6.45) is 8.39. The Morgan fingerprint density at radius 1 is 1.17 bits per heavy atom. The summed E-state index contributed by atoms with van der Waals surface area (Å²) in [5, 5.41) is 3.68. The normalized spacial score (nSPS) is 32.4. The molecule has 1 aliphatic carbocycles. The predicted molar refractivity (Wildman–Crippen MR) is 94.4 cm³/mol. The molecule has 0 aromatic heterocycles. The van der Waals surface area contributed by atoms with Crippen LogP contribution in [0.3, 0.4) is 0 Å². The molecule has 1 N–H and O–H groups in total. The van der Waals surface area contributed by atoms with Crippen LogP contribution >= 0.6 is 0 Å². The second-order valence-electron chi connectivity index (χ2n) is 7.75. The average Bonchev–Trinajstić information content (AvgIpc) is 3.12. The van der Waals surface area contributed by atoms with Crippen LogP contribution in [0.25, 0.3) is 0 Å². The molecule has 0 radical (unpaired) electrons. The molecule has 0 aromatic rings. The Labute approximate surface area is 140 Å². The van der Waals surface area contributed by atoms with Crippen LogP contribution in [0.1, 0.15) is 51.9 Å². The van der Waals surface area contributed by atoms with E-state index in [2.05, 4.69) is 17.1 Å². The molecule has 0 amide bonds. The van der Waals surface area contributed by atoms with Gasteiger partial charge < -0.3 is 10.2 Å². The molecule has 23 heavy (non-hydrogen) atoms. The SMILES string of the molecule is CC1CCCN(C(=NCC2CCS(=O)(=O)C2)NC2CCCC2)C1. The molecule has 3 rings (SSSR count). The number of nitrogens with one attached hydrogen (secondary N) is 1. The first kappa shape index (κ1) is 17.1. The number of likely N-dealkylation sites (tertiary alicyclic amines) is 1. The van der Waals surface area contributed by atoms with Gasteiger partial charge in [-0.3, -0.25) is 4.99 Å². The molecule has 2 aliphatic heterocycles. The van der Waals surface area contributed by atoms with E-state index in [1.807, 2.05) is 0 Å². The fraction of sp³-hybridized carbons (Fsp3) is 0.941. The first-order valence-corrected chi connectivity index (χ1v) is 11.1. The van der Waals surface area contributed by atoms with Crippen LogP contribution in [-0.4, -0.2) is 56.5 Å². The summed E-state index contributed by atoms with van der Waals surface area (Å²) in [7, 11) is -2.80. The van der Waals surface area contributed by atoms with E-state index in [4.69, 9.17) is 4.99 Å². The van der Waals surface area contributed by atoms with Crippen molar-refractivity contribution in [1.82, 2.24) is 10.2 Å². The highest BCUT2D eigenvalue weighted by Crippen LogP contribution is 2.21. The first-order chi connectivity index (χ1) is 11.0. The zero-order chi connectivity index (χ0) is 16.3. The van der Waals surface area contributed by atoms with Gasteiger partial charge in [0.05, 0.1) is 11.5 Å². The highest BCUT2D eigenvalue weighted by molar-refractivity contribution is 7.91. The van der Waals surface area contributed by atoms with Crippen molar-refractivity contribution in [3.05, 3.63) is 0 Å². The maximum Gasteiger partial charge on any atom is 0.194 e. The molecule has 132 valence electrons. The standard InChI is InChI=1S/C17H31N3O2S/c1-14-5-4-9-20(12-14)17(19-16-6-2-3-7-16)18-11-15-8-10-23(21,22)13-15/h14-16H,2-13H2,1H3,(H,18,19). The maximum atomic E-state index is 11.6. The van der Waals surface area contributed by atoms with Crippen LogP contribution in [-0.2, 0) is 9.84 Å². The van der Waals surface area contributed by atoms with Crippen molar-refractivity contribution in [2.75, 3.05) is 31.1 Å². The van der Waals surface area contributed by atoms with E-state index in [0.717, 1.165) is 25.5 Å². The van der Waals surface area contributed by atoms with E-state index in [0.29, 0.717) is 30.0 Å². The largest absolute Gasteiger partial charge is 0.354 e. The predicted octanol–water partition coefficient (Wildman–Crippen LogP) is 2.04. The zero-order valence-corrected chi connectivity index (χ0v) is 15.2.